The summed E-state index contributed by atoms with van der Waals surface area (Å²) in [7, 11) is 0. The fraction of sp³-hybridized carbons (Fsp3) is 0.500. The Hall–Kier alpha value is -2.90. The third kappa shape index (κ3) is 4.88. The Kier molecular flexibility index (Phi) is 6.28. The van der Waals surface area contributed by atoms with Crippen LogP contribution in [0.4, 0.5) is 4.79 Å². The molecule has 0 radical (unpaired) electrons. The van der Waals surface area contributed by atoms with E-state index < -0.39 is 12.1 Å². The number of ketones is 1. The summed E-state index contributed by atoms with van der Waals surface area (Å²) in [6.45, 7) is 2.00. The number of carbonyl (C=O) groups excluding carboxylic acids is 4. The van der Waals surface area contributed by atoms with Crippen LogP contribution < -0.4 is 10.6 Å². The van der Waals surface area contributed by atoms with Gasteiger partial charge < -0.3 is 20.3 Å². The normalized spacial score (nSPS) is 24.8. The van der Waals surface area contributed by atoms with Crippen LogP contribution in [-0.4, -0.2) is 53.3 Å². The van der Waals surface area contributed by atoms with Gasteiger partial charge in [-0.3, -0.25) is 14.4 Å². The Morgan fingerprint density at radius 2 is 1.89 bits per heavy atom. The lowest BCUT2D eigenvalue weighted by molar-refractivity contribution is -0.135. The van der Waals surface area contributed by atoms with E-state index in [4.69, 9.17) is 4.74 Å². The molecule has 8 nitrogen and oxygen atoms in total. The number of hydrogen-bond donors (Lipinski definition) is 2. The van der Waals surface area contributed by atoms with Crippen molar-refractivity contribution < 1.29 is 23.9 Å². The van der Waals surface area contributed by atoms with Gasteiger partial charge in [0.2, 0.25) is 11.8 Å². The monoisotopic (exact) mass is 387 g/mol. The molecule has 1 heterocycles. The molecular weight excluding hydrogens is 362 g/mol. The van der Waals surface area contributed by atoms with Crippen LogP contribution >= 0.6 is 0 Å². The number of hydrogen-bond acceptors (Lipinski definition) is 5. The lowest BCUT2D eigenvalue weighted by Crippen LogP contribution is -2.56. The van der Waals surface area contributed by atoms with E-state index in [1.165, 1.54) is 6.92 Å². The highest BCUT2D eigenvalue weighted by Gasteiger charge is 2.42. The maximum Gasteiger partial charge on any atom is 0.408 e. The Morgan fingerprint density at radius 1 is 1.14 bits per heavy atom. The molecule has 1 saturated heterocycles. The average molecular weight is 387 g/mol. The van der Waals surface area contributed by atoms with Crippen molar-refractivity contribution in [2.24, 2.45) is 0 Å². The van der Waals surface area contributed by atoms with E-state index in [0.29, 0.717) is 25.8 Å². The molecule has 1 aromatic carbocycles. The van der Waals surface area contributed by atoms with Gasteiger partial charge in [-0.25, -0.2) is 4.79 Å². The van der Waals surface area contributed by atoms with Gasteiger partial charge in [0.15, 0.2) is 0 Å². The number of ether oxygens (including phenoxy) is 1. The minimum atomic E-state index is -0.654. The topological polar surface area (TPSA) is 105 Å². The Morgan fingerprint density at radius 3 is 2.61 bits per heavy atom. The molecule has 0 unspecified atom stereocenters. The lowest BCUT2D eigenvalue weighted by Gasteiger charge is -2.37. The van der Waals surface area contributed by atoms with Gasteiger partial charge >= 0.3 is 6.09 Å². The first-order valence-electron chi connectivity index (χ1n) is 9.50. The summed E-state index contributed by atoms with van der Waals surface area (Å²) in [4.78, 5) is 49.7. The van der Waals surface area contributed by atoms with E-state index in [2.05, 4.69) is 10.6 Å². The molecule has 0 aromatic heterocycles. The van der Waals surface area contributed by atoms with Crippen molar-refractivity contribution in [2.45, 2.75) is 57.3 Å². The van der Waals surface area contributed by atoms with Gasteiger partial charge in [-0.2, -0.15) is 0 Å². The molecule has 2 N–H and O–H groups in total. The average Bonchev–Trinajstić information content (AvgIpc) is 3.01. The predicted molar refractivity (Wildman–Crippen MR) is 100 cm³/mol. The molecule has 0 bridgehead atoms. The molecule has 3 amide bonds. The molecule has 2 fully saturated rings. The number of benzene rings is 1. The Bertz CT molecular complexity index is 749. The number of rotatable bonds is 5. The zero-order chi connectivity index (χ0) is 20.1. The van der Waals surface area contributed by atoms with E-state index in [9.17, 15) is 19.2 Å². The molecule has 150 valence electrons. The molecule has 3 atom stereocenters. The number of Topliss-reactive ketones (excluding diaryl/α,β-unsaturated/α-hetero) is 1. The summed E-state index contributed by atoms with van der Waals surface area (Å²) in [5.74, 6) is -0.345. The van der Waals surface area contributed by atoms with Gasteiger partial charge in [-0.1, -0.05) is 30.3 Å². The number of nitrogens with zero attached hydrogens (tertiary/aromatic N) is 1. The van der Waals surface area contributed by atoms with Crippen LogP contribution in [-0.2, 0) is 25.7 Å². The van der Waals surface area contributed by atoms with Crippen LogP contribution in [0, 0.1) is 0 Å². The molecule has 28 heavy (non-hydrogen) atoms. The smallest absolute Gasteiger partial charge is 0.408 e. The maximum absolute atomic E-state index is 12.8. The second-order valence-electron chi connectivity index (χ2n) is 7.23. The van der Waals surface area contributed by atoms with Crippen molar-refractivity contribution in [2.75, 3.05) is 6.54 Å². The highest BCUT2D eigenvalue weighted by atomic mass is 16.5. The molecule has 1 aromatic rings. The van der Waals surface area contributed by atoms with E-state index in [0.717, 1.165) is 5.56 Å². The van der Waals surface area contributed by atoms with Gasteiger partial charge in [-0.15, -0.1) is 0 Å². The van der Waals surface area contributed by atoms with Gasteiger partial charge in [-0.05, 0) is 18.4 Å². The van der Waals surface area contributed by atoms with E-state index >= 15 is 0 Å². The molecule has 0 spiro atoms. The number of amides is 3. The van der Waals surface area contributed by atoms with Crippen molar-refractivity contribution in [3.8, 4) is 0 Å². The second kappa shape index (κ2) is 8.86. The second-order valence-corrected chi connectivity index (χ2v) is 7.23. The highest BCUT2D eigenvalue weighted by Crippen LogP contribution is 2.26. The van der Waals surface area contributed by atoms with Gasteiger partial charge in [0.25, 0.3) is 0 Å². The molecular formula is C20H25N3O5. The summed E-state index contributed by atoms with van der Waals surface area (Å²) in [5.41, 5.74) is 0.863. The van der Waals surface area contributed by atoms with Crippen molar-refractivity contribution in [1.29, 1.82) is 0 Å². The number of alkyl carbamates (subject to hydrolysis) is 1. The fourth-order valence-electron chi connectivity index (χ4n) is 3.85. The van der Waals surface area contributed by atoms with Crippen LogP contribution in [0.15, 0.2) is 30.3 Å². The molecule has 1 aliphatic carbocycles. The van der Waals surface area contributed by atoms with Crippen LogP contribution in [0.25, 0.3) is 0 Å². The molecule has 3 rings (SSSR count). The van der Waals surface area contributed by atoms with Crippen LogP contribution in [0.2, 0.25) is 0 Å². The van der Waals surface area contributed by atoms with Crippen LogP contribution in [0.3, 0.4) is 0 Å². The van der Waals surface area contributed by atoms with Crippen molar-refractivity contribution in [3.05, 3.63) is 35.9 Å². The molecule has 1 aliphatic heterocycles. The summed E-state index contributed by atoms with van der Waals surface area (Å²) in [6, 6.07) is 8.02. The van der Waals surface area contributed by atoms with Crippen LogP contribution in [0.1, 0.15) is 38.2 Å². The fourth-order valence-corrected chi connectivity index (χ4v) is 3.85. The maximum atomic E-state index is 12.8. The SMILES string of the molecule is CC(=O)N[C@H]1CC(=O)CC[C@@H]1N1CC[C@H](NC(=O)OCc2ccccc2)C1=O. The van der Waals surface area contributed by atoms with E-state index in [1.54, 1.807) is 4.90 Å². The predicted octanol–water partition coefficient (Wildman–Crippen LogP) is 1.14. The third-order valence-electron chi connectivity index (χ3n) is 5.16. The van der Waals surface area contributed by atoms with Gasteiger partial charge in [0, 0.05) is 26.3 Å². The summed E-state index contributed by atoms with van der Waals surface area (Å²) < 4.78 is 5.18. The number of likely N-dealkylation sites (tertiary alicyclic amines) is 1. The zero-order valence-electron chi connectivity index (χ0n) is 15.8. The molecule has 1 saturated carbocycles. The first kappa shape index (κ1) is 19.9. The molecule has 2 aliphatic rings. The minimum absolute atomic E-state index is 0.0841. The standard InChI is InChI=1S/C20H25N3O5/c1-13(24)21-17-11-15(25)7-8-18(17)23-10-9-16(19(23)26)22-20(27)28-12-14-5-3-2-4-6-14/h2-6,16-18H,7-12H2,1H3,(H,21,24)(H,22,27)/t16-,17-,18-/m0/s1. The van der Waals surface area contributed by atoms with E-state index in [-0.39, 0.29) is 42.7 Å². The Labute approximate surface area is 163 Å². The Balaban J connectivity index is 1.55. The first-order chi connectivity index (χ1) is 13.4. The number of nitrogens with one attached hydrogen (secondary N) is 2. The zero-order valence-corrected chi connectivity index (χ0v) is 15.8. The largest absolute Gasteiger partial charge is 0.445 e. The molecule has 8 heteroatoms. The lowest BCUT2D eigenvalue weighted by atomic mass is 9.88. The van der Waals surface area contributed by atoms with Crippen molar-refractivity contribution in [3.63, 3.8) is 0 Å². The van der Waals surface area contributed by atoms with Crippen molar-refractivity contribution in [1.82, 2.24) is 15.5 Å². The number of carbonyl (C=O) groups is 4. The minimum Gasteiger partial charge on any atom is -0.445 e. The van der Waals surface area contributed by atoms with Gasteiger partial charge in [0.1, 0.15) is 18.4 Å². The highest BCUT2D eigenvalue weighted by molar-refractivity contribution is 5.88. The van der Waals surface area contributed by atoms with Crippen molar-refractivity contribution >= 4 is 23.7 Å². The summed E-state index contributed by atoms with van der Waals surface area (Å²) >= 11 is 0. The summed E-state index contributed by atoms with van der Waals surface area (Å²) in [6.07, 6.45) is 0.964. The third-order valence-corrected chi connectivity index (χ3v) is 5.16. The quantitative estimate of drug-likeness (QED) is 0.788. The van der Waals surface area contributed by atoms with E-state index in [1.807, 2.05) is 30.3 Å². The van der Waals surface area contributed by atoms with Crippen LogP contribution in [0.5, 0.6) is 0 Å². The van der Waals surface area contributed by atoms with Gasteiger partial charge in [0.05, 0.1) is 12.1 Å². The summed E-state index contributed by atoms with van der Waals surface area (Å²) in [5, 5.41) is 5.41. The first-order valence-corrected chi connectivity index (χ1v) is 9.50.